The molecule has 0 fully saturated rings. The summed E-state index contributed by atoms with van der Waals surface area (Å²) in [6, 6.07) is 0. The van der Waals surface area contributed by atoms with Crippen molar-refractivity contribution in [3.63, 3.8) is 0 Å². The average Bonchev–Trinajstić information content (AvgIpc) is 2.92. The summed E-state index contributed by atoms with van der Waals surface area (Å²) in [5.74, 6) is -1.67. The summed E-state index contributed by atoms with van der Waals surface area (Å²) in [5, 5.41) is 0.704. The molecule has 0 atom stereocenters. The van der Waals surface area contributed by atoms with E-state index in [2.05, 4.69) is 77.6 Å². The zero-order valence-electron chi connectivity index (χ0n) is 22.9. The first-order valence-electron chi connectivity index (χ1n) is 14.3. The number of benzene rings is 2. The lowest BCUT2D eigenvalue weighted by Gasteiger charge is -2.34. The molecule has 216 valence electrons. The van der Waals surface area contributed by atoms with Crippen molar-refractivity contribution in [1.82, 2.24) is 9.80 Å². The largest absolute Gasteiger partial charge is 0.274 e. The third kappa shape index (κ3) is 5.76. The van der Waals surface area contributed by atoms with Gasteiger partial charge in [0.1, 0.15) is 0 Å². The maximum absolute atomic E-state index is 13.8. The summed E-state index contributed by atoms with van der Waals surface area (Å²) in [5.41, 5.74) is 1.19. The number of halogens is 4. The van der Waals surface area contributed by atoms with E-state index in [9.17, 15) is 19.2 Å². The molecule has 0 spiro atoms. The van der Waals surface area contributed by atoms with Gasteiger partial charge in [-0.3, -0.25) is 29.0 Å². The molecular weight excluding hydrogens is 772 g/mol. The van der Waals surface area contributed by atoms with Crippen molar-refractivity contribution in [2.75, 3.05) is 13.1 Å². The monoisotopic (exact) mass is 802 g/mol. The quantitative estimate of drug-likeness (QED) is 0.141. The lowest BCUT2D eigenvalue weighted by Crippen LogP contribution is -2.44. The predicted molar refractivity (Wildman–Crippen MR) is 172 cm³/mol. The summed E-state index contributed by atoms with van der Waals surface area (Å²) < 4.78 is 1.68. The number of rotatable bonds is 14. The van der Waals surface area contributed by atoms with Gasteiger partial charge in [-0.2, -0.15) is 0 Å². The Bertz CT molecular complexity index is 1190. The van der Waals surface area contributed by atoms with Crippen LogP contribution in [0.2, 0.25) is 0 Å². The van der Waals surface area contributed by atoms with Crippen LogP contribution in [0.15, 0.2) is 17.9 Å². The summed E-state index contributed by atoms with van der Waals surface area (Å²) in [6.07, 6.45) is 12.4. The number of imide groups is 2. The molecule has 0 radical (unpaired) electrons. The second kappa shape index (κ2) is 13.9. The zero-order valence-corrected chi connectivity index (χ0v) is 29.3. The van der Waals surface area contributed by atoms with Crippen molar-refractivity contribution < 1.29 is 19.2 Å². The van der Waals surface area contributed by atoms with E-state index in [0.29, 0.717) is 64.0 Å². The predicted octanol–water partition coefficient (Wildman–Crippen LogP) is 9.80. The molecule has 2 aromatic rings. The molecule has 4 amide bonds. The van der Waals surface area contributed by atoms with E-state index in [1.54, 1.807) is 0 Å². The fourth-order valence-corrected chi connectivity index (χ4v) is 7.93. The lowest BCUT2D eigenvalue weighted by atomic mass is 9.85. The molecule has 2 aliphatic rings. The van der Waals surface area contributed by atoms with Gasteiger partial charge in [0.15, 0.2) is 0 Å². The van der Waals surface area contributed by atoms with Crippen LogP contribution in [0.4, 0.5) is 0 Å². The van der Waals surface area contributed by atoms with E-state index >= 15 is 0 Å². The number of nitrogens with zero attached hydrogens (tertiary/aromatic N) is 2. The highest BCUT2D eigenvalue weighted by Crippen LogP contribution is 2.50. The fraction of sp³-hybridized carbons (Fsp3) is 0.533. The molecule has 6 nitrogen and oxygen atoms in total. The first kappa shape index (κ1) is 31.8. The Morgan fingerprint density at radius 1 is 0.425 bits per heavy atom. The van der Waals surface area contributed by atoms with Gasteiger partial charge in [0.25, 0.3) is 23.6 Å². The summed E-state index contributed by atoms with van der Waals surface area (Å²) in [6.45, 7) is 4.96. The molecule has 40 heavy (non-hydrogen) atoms. The first-order valence-corrected chi connectivity index (χ1v) is 17.4. The SMILES string of the molecule is CCCCCCCCN1C(=O)c2c(Br)c(Br)c3c4c(c(Br)c(Br)c(c24)C1=O)C(=O)N(CCCCCCCC)C3=O. The molecule has 0 bridgehead atoms. The molecule has 0 saturated carbocycles. The Morgan fingerprint density at radius 3 is 0.950 bits per heavy atom. The molecule has 0 N–H and O–H groups in total. The van der Waals surface area contributed by atoms with Crippen molar-refractivity contribution in [3.05, 3.63) is 40.1 Å². The second-order valence-corrected chi connectivity index (χ2v) is 13.7. The molecule has 2 aliphatic heterocycles. The van der Waals surface area contributed by atoms with E-state index in [0.717, 1.165) is 64.2 Å². The molecule has 2 heterocycles. The summed E-state index contributed by atoms with van der Waals surface area (Å²) in [4.78, 5) is 57.8. The Morgan fingerprint density at radius 2 is 0.675 bits per heavy atom. The van der Waals surface area contributed by atoms with Gasteiger partial charge < -0.3 is 0 Å². The van der Waals surface area contributed by atoms with Crippen molar-refractivity contribution in [1.29, 1.82) is 0 Å². The maximum atomic E-state index is 13.8. The minimum absolute atomic E-state index is 0.297. The van der Waals surface area contributed by atoms with Gasteiger partial charge in [-0.05, 0) is 76.6 Å². The Balaban J connectivity index is 1.74. The van der Waals surface area contributed by atoms with Crippen LogP contribution < -0.4 is 0 Å². The number of amides is 4. The molecule has 0 aliphatic carbocycles. The van der Waals surface area contributed by atoms with Crippen molar-refractivity contribution in [2.45, 2.75) is 90.9 Å². The number of carbonyl (C=O) groups excluding carboxylic acids is 4. The molecule has 0 saturated heterocycles. The van der Waals surface area contributed by atoms with Crippen molar-refractivity contribution in [2.24, 2.45) is 0 Å². The van der Waals surface area contributed by atoms with Gasteiger partial charge in [-0.25, -0.2) is 0 Å². The van der Waals surface area contributed by atoms with Crippen LogP contribution in [0.5, 0.6) is 0 Å². The molecular formula is C30H34Br4N2O4. The third-order valence-electron chi connectivity index (χ3n) is 7.82. The molecule has 10 heteroatoms. The van der Waals surface area contributed by atoms with Crippen molar-refractivity contribution in [3.8, 4) is 0 Å². The topological polar surface area (TPSA) is 74.8 Å². The second-order valence-electron chi connectivity index (χ2n) is 10.6. The van der Waals surface area contributed by atoms with Gasteiger partial charge >= 0.3 is 0 Å². The van der Waals surface area contributed by atoms with E-state index in [1.165, 1.54) is 22.6 Å². The number of carbonyl (C=O) groups is 4. The molecule has 0 aromatic heterocycles. The summed E-state index contributed by atoms with van der Waals surface area (Å²) >= 11 is 14.3. The van der Waals surface area contributed by atoms with E-state index in [4.69, 9.17) is 0 Å². The first-order chi connectivity index (χ1) is 19.2. The lowest BCUT2D eigenvalue weighted by molar-refractivity contribution is 0.0584. The van der Waals surface area contributed by atoms with Gasteiger partial charge in [-0.15, -0.1) is 0 Å². The molecule has 4 rings (SSSR count). The molecule has 2 aromatic carbocycles. The number of hydrogen-bond acceptors (Lipinski definition) is 4. The van der Waals surface area contributed by atoms with Gasteiger partial charge in [0.05, 0.1) is 22.3 Å². The Hall–Kier alpha value is -1.10. The number of unbranched alkanes of at least 4 members (excludes halogenated alkanes) is 10. The normalized spacial score (nSPS) is 14.8. The van der Waals surface area contributed by atoms with E-state index in [-0.39, 0.29) is 0 Å². The minimum Gasteiger partial charge on any atom is -0.274 e. The van der Waals surface area contributed by atoms with Crippen LogP contribution in [0.25, 0.3) is 10.8 Å². The van der Waals surface area contributed by atoms with Crippen LogP contribution in [-0.2, 0) is 0 Å². The van der Waals surface area contributed by atoms with E-state index < -0.39 is 23.6 Å². The minimum atomic E-state index is -0.417. The smallest absolute Gasteiger partial charge is 0.262 e. The highest BCUT2D eigenvalue weighted by Gasteiger charge is 2.44. The van der Waals surface area contributed by atoms with Gasteiger partial charge in [0.2, 0.25) is 0 Å². The van der Waals surface area contributed by atoms with Crippen LogP contribution in [-0.4, -0.2) is 46.5 Å². The van der Waals surface area contributed by atoms with Crippen LogP contribution in [0, 0.1) is 0 Å². The highest BCUT2D eigenvalue weighted by atomic mass is 79.9. The zero-order chi connectivity index (χ0) is 29.1. The third-order valence-corrected chi connectivity index (χ3v) is 12.1. The molecule has 0 unspecified atom stereocenters. The van der Waals surface area contributed by atoms with Crippen LogP contribution in [0.3, 0.4) is 0 Å². The number of hydrogen-bond donors (Lipinski definition) is 0. The average molecular weight is 806 g/mol. The summed E-state index contributed by atoms with van der Waals surface area (Å²) in [7, 11) is 0. The van der Waals surface area contributed by atoms with Crippen LogP contribution in [0.1, 0.15) is 132 Å². The highest BCUT2D eigenvalue weighted by molar-refractivity contribution is 9.13. The standard InChI is InChI=1S/C30H34Br4N2O4/c1-3-5-7-9-11-13-15-35-27(37)19-17-18-21(25(33)23(19)31)29(39)36(16-14-12-10-8-6-4-2)30(40)22(18)26(34)24(32)20(17)28(35)38/h3-16H2,1-2H3. The fourth-order valence-electron chi connectivity index (χ4n) is 5.66. The Kier molecular flexibility index (Phi) is 11.1. The van der Waals surface area contributed by atoms with Gasteiger partial charge in [-0.1, -0.05) is 78.1 Å². The Labute approximate surface area is 269 Å². The van der Waals surface area contributed by atoms with Crippen LogP contribution >= 0.6 is 63.7 Å². The van der Waals surface area contributed by atoms with E-state index in [1.807, 2.05) is 0 Å². The van der Waals surface area contributed by atoms with Crippen molar-refractivity contribution >= 4 is 98.1 Å². The van der Waals surface area contributed by atoms with Gasteiger partial charge in [0, 0.05) is 41.8 Å². The maximum Gasteiger partial charge on any atom is 0.262 e.